The van der Waals surface area contributed by atoms with Crippen molar-refractivity contribution in [3.8, 4) is 67.5 Å². The Kier molecular flexibility index (Phi) is 7.84. The van der Waals surface area contributed by atoms with Gasteiger partial charge in [-0.1, -0.05) is 141 Å². The fourth-order valence-electron chi connectivity index (χ4n) is 10.7. The Hall–Kier alpha value is -8.19. The number of thiophene rings is 1. The van der Waals surface area contributed by atoms with Gasteiger partial charge in [-0.05, 0) is 105 Å². The van der Waals surface area contributed by atoms with Crippen LogP contribution in [0.5, 0.6) is 0 Å². The molecule has 4 aromatic heterocycles. The van der Waals surface area contributed by atoms with E-state index < -0.39 is 0 Å². The van der Waals surface area contributed by atoms with E-state index in [9.17, 15) is 0 Å². The largest absolute Gasteiger partial charge is 0.456 e. The summed E-state index contributed by atoms with van der Waals surface area (Å²) in [4.78, 5) is 16.0. The molecule has 0 bridgehead atoms. The van der Waals surface area contributed by atoms with E-state index in [0.29, 0.717) is 17.5 Å². The van der Waals surface area contributed by atoms with Gasteiger partial charge in [0, 0.05) is 63.8 Å². The van der Waals surface area contributed by atoms with E-state index in [1.165, 1.54) is 48.2 Å². The molecule has 66 heavy (non-hydrogen) atoms. The van der Waals surface area contributed by atoms with Crippen molar-refractivity contribution in [3.63, 3.8) is 0 Å². The van der Waals surface area contributed by atoms with E-state index >= 15 is 0 Å². The highest BCUT2D eigenvalue weighted by atomic mass is 32.1. The first-order valence-corrected chi connectivity index (χ1v) is 23.1. The molecular weight excluding hydrogens is 827 g/mol. The molecule has 0 N–H and O–H groups in total. The first-order chi connectivity index (χ1) is 32.4. The lowest BCUT2D eigenvalue weighted by molar-refractivity contribution is 0.662. The molecule has 0 aliphatic heterocycles. The SMILES string of the molecule is CC1(C)c2ccccc2-c2cccc(-c3cccc(-c4ccc5oc6cccc(-c7nc(-c8ccc9oc%10ccccc%10c9c8)nc(-c8cccc9sc%10ccccc%10c89)n7)c6c5c4)c3)c21. The number of benzene rings is 9. The molecule has 310 valence electrons. The third-order valence-corrected chi connectivity index (χ3v) is 14.9. The highest BCUT2D eigenvalue weighted by Crippen LogP contribution is 2.52. The van der Waals surface area contributed by atoms with Crippen LogP contribution in [-0.2, 0) is 5.41 Å². The van der Waals surface area contributed by atoms with E-state index in [2.05, 4.69) is 159 Å². The van der Waals surface area contributed by atoms with E-state index in [1.807, 2.05) is 42.5 Å². The van der Waals surface area contributed by atoms with Gasteiger partial charge in [0.1, 0.15) is 22.3 Å². The van der Waals surface area contributed by atoms with Crippen LogP contribution < -0.4 is 0 Å². The van der Waals surface area contributed by atoms with E-state index in [-0.39, 0.29) is 5.41 Å². The third kappa shape index (κ3) is 5.49. The van der Waals surface area contributed by atoms with Crippen molar-refractivity contribution in [2.24, 2.45) is 0 Å². The summed E-state index contributed by atoms with van der Waals surface area (Å²) < 4.78 is 15.3. The maximum Gasteiger partial charge on any atom is 0.164 e. The van der Waals surface area contributed by atoms with E-state index in [1.54, 1.807) is 11.3 Å². The number of furan rings is 2. The van der Waals surface area contributed by atoms with Crippen LogP contribution in [-0.4, -0.2) is 15.0 Å². The molecule has 0 spiro atoms. The van der Waals surface area contributed by atoms with Crippen LogP contribution in [0.2, 0.25) is 0 Å². The Balaban J connectivity index is 0.953. The van der Waals surface area contributed by atoms with Crippen molar-refractivity contribution in [3.05, 3.63) is 199 Å². The normalized spacial score (nSPS) is 13.1. The van der Waals surface area contributed by atoms with E-state index in [0.717, 1.165) is 77.1 Å². The molecule has 1 aliphatic rings. The lowest BCUT2D eigenvalue weighted by Crippen LogP contribution is -2.16. The molecule has 0 atom stereocenters. The number of nitrogens with zero attached hydrogens (tertiary/aromatic N) is 3. The molecule has 5 nitrogen and oxygen atoms in total. The minimum absolute atomic E-state index is 0.122. The molecule has 13 aromatic rings. The van der Waals surface area contributed by atoms with Gasteiger partial charge >= 0.3 is 0 Å². The highest BCUT2D eigenvalue weighted by Gasteiger charge is 2.37. The van der Waals surface area contributed by atoms with Gasteiger partial charge in [0.25, 0.3) is 0 Å². The zero-order valence-corrected chi connectivity index (χ0v) is 36.8. The molecule has 0 radical (unpaired) electrons. The predicted octanol–water partition coefficient (Wildman–Crippen LogP) is 16.7. The lowest BCUT2D eigenvalue weighted by Gasteiger charge is -2.24. The topological polar surface area (TPSA) is 65.0 Å². The summed E-state index contributed by atoms with van der Waals surface area (Å²) in [5, 5.41) is 6.36. The van der Waals surface area contributed by atoms with Crippen molar-refractivity contribution in [1.29, 1.82) is 0 Å². The molecule has 14 rings (SSSR count). The van der Waals surface area contributed by atoms with E-state index in [4.69, 9.17) is 23.8 Å². The zero-order chi connectivity index (χ0) is 43.7. The molecule has 0 amide bonds. The minimum atomic E-state index is -0.122. The minimum Gasteiger partial charge on any atom is -0.456 e. The lowest BCUT2D eigenvalue weighted by atomic mass is 9.78. The molecule has 0 saturated carbocycles. The summed E-state index contributed by atoms with van der Waals surface area (Å²) in [5.41, 5.74) is 15.9. The number of para-hydroxylation sites is 1. The summed E-state index contributed by atoms with van der Waals surface area (Å²) >= 11 is 1.79. The third-order valence-electron chi connectivity index (χ3n) is 13.7. The summed E-state index contributed by atoms with van der Waals surface area (Å²) in [5.74, 6) is 1.77. The summed E-state index contributed by atoms with van der Waals surface area (Å²) in [7, 11) is 0. The second kappa shape index (κ2) is 13.9. The first-order valence-electron chi connectivity index (χ1n) is 22.3. The van der Waals surface area contributed by atoms with Crippen LogP contribution in [0.4, 0.5) is 0 Å². The summed E-state index contributed by atoms with van der Waals surface area (Å²) in [6, 6.07) is 66.6. The fraction of sp³-hybridized carbons (Fsp3) is 0.0500. The van der Waals surface area contributed by atoms with Gasteiger partial charge in [-0.25, -0.2) is 15.0 Å². The predicted molar refractivity (Wildman–Crippen MR) is 272 cm³/mol. The molecule has 4 heterocycles. The average Bonchev–Trinajstić information content (AvgIpc) is 4.11. The van der Waals surface area contributed by atoms with Crippen molar-refractivity contribution in [2.75, 3.05) is 0 Å². The Bertz CT molecular complexity index is 4170. The number of fused-ring (bicyclic) bond motifs is 12. The van der Waals surface area contributed by atoms with Gasteiger partial charge < -0.3 is 8.83 Å². The maximum atomic E-state index is 6.63. The van der Waals surface area contributed by atoms with Gasteiger partial charge in [0.05, 0.1) is 0 Å². The molecule has 0 unspecified atom stereocenters. The Labute approximate surface area is 383 Å². The van der Waals surface area contributed by atoms with Gasteiger partial charge in [0.15, 0.2) is 17.5 Å². The Morgan fingerprint density at radius 2 is 0.924 bits per heavy atom. The van der Waals surface area contributed by atoms with Crippen LogP contribution in [0, 0.1) is 0 Å². The van der Waals surface area contributed by atoms with Crippen molar-refractivity contribution >= 4 is 75.4 Å². The molecule has 6 heteroatoms. The number of hydrogen-bond donors (Lipinski definition) is 0. The second-order valence-electron chi connectivity index (χ2n) is 17.9. The van der Waals surface area contributed by atoms with Gasteiger partial charge in [-0.2, -0.15) is 0 Å². The molecule has 0 saturated heterocycles. The fourth-order valence-corrected chi connectivity index (χ4v) is 11.9. The maximum absolute atomic E-state index is 6.63. The van der Waals surface area contributed by atoms with Crippen molar-refractivity contribution < 1.29 is 8.83 Å². The second-order valence-corrected chi connectivity index (χ2v) is 18.9. The Morgan fingerprint density at radius 3 is 1.82 bits per heavy atom. The van der Waals surface area contributed by atoms with Gasteiger partial charge in [-0.3, -0.25) is 0 Å². The summed E-state index contributed by atoms with van der Waals surface area (Å²) in [6.45, 7) is 4.70. The quantitative estimate of drug-likeness (QED) is 0.172. The van der Waals surface area contributed by atoms with Gasteiger partial charge in [0.2, 0.25) is 0 Å². The highest BCUT2D eigenvalue weighted by molar-refractivity contribution is 7.25. The van der Waals surface area contributed by atoms with Crippen LogP contribution in [0.25, 0.3) is 132 Å². The van der Waals surface area contributed by atoms with Crippen molar-refractivity contribution in [2.45, 2.75) is 19.3 Å². The van der Waals surface area contributed by atoms with Crippen LogP contribution in [0.1, 0.15) is 25.0 Å². The number of hydrogen-bond acceptors (Lipinski definition) is 6. The molecule has 1 aliphatic carbocycles. The van der Waals surface area contributed by atoms with Gasteiger partial charge in [-0.15, -0.1) is 11.3 Å². The first kappa shape index (κ1) is 37.2. The zero-order valence-electron chi connectivity index (χ0n) is 36.0. The average molecular weight is 864 g/mol. The monoisotopic (exact) mass is 863 g/mol. The smallest absolute Gasteiger partial charge is 0.164 e. The van der Waals surface area contributed by atoms with Crippen LogP contribution in [0.3, 0.4) is 0 Å². The summed E-state index contributed by atoms with van der Waals surface area (Å²) in [6.07, 6.45) is 0. The molecular formula is C60H37N3O2S. The molecule has 9 aromatic carbocycles. The number of rotatable bonds is 5. The van der Waals surface area contributed by atoms with Crippen molar-refractivity contribution in [1.82, 2.24) is 15.0 Å². The van der Waals surface area contributed by atoms with Crippen LogP contribution in [0.15, 0.2) is 197 Å². The standard InChI is InChI=1S/C60H37N3O2S/c1-60(2)47-22-6-3-15-39(47)41-19-10-18-38(56(41)60)36-14-9-13-34(31-36)35-27-29-50-46(32-35)54-43(20-11-24-51(54)65-50)58-61-57(37-28-30-49-45(33-37)40-16-4-7-23-48(40)64-49)62-59(63-58)44-21-12-26-53-55(44)42-17-5-8-25-52(42)66-53/h3-33H,1-2H3. The number of aromatic nitrogens is 3. The molecule has 0 fully saturated rings. The Morgan fingerprint density at radius 1 is 0.364 bits per heavy atom. The van der Waals surface area contributed by atoms with Crippen LogP contribution >= 0.6 is 11.3 Å².